The molecule has 0 bridgehead atoms. The van der Waals surface area contributed by atoms with Crippen LogP contribution in [0.25, 0.3) is 0 Å². The van der Waals surface area contributed by atoms with Gasteiger partial charge in [-0.3, -0.25) is 0 Å². The van der Waals surface area contributed by atoms with Crippen molar-refractivity contribution >= 4 is 11.7 Å². The molecule has 3 aromatic rings. The van der Waals surface area contributed by atoms with Crippen LogP contribution in [0.2, 0.25) is 0 Å². The van der Waals surface area contributed by atoms with Crippen LogP contribution in [0.3, 0.4) is 0 Å². The molecular formula is C29H31FN2O2. The first-order valence-corrected chi connectivity index (χ1v) is 12.3. The van der Waals surface area contributed by atoms with Crippen molar-refractivity contribution < 1.29 is 14.3 Å². The van der Waals surface area contributed by atoms with Gasteiger partial charge in [-0.25, -0.2) is 14.2 Å². The molecule has 0 amide bonds. The van der Waals surface area contributed by atoms with Gasteiger partial charge in [0.25, 0.3) is 0 Å². The number of carboxylic acid groups (broad SMARTS) is 1. The van der Waals surface area contributed by atoms with E-state index in [2.05, 4.69) is 40.2 Å². The Hall–Kier alpha value is -3.21. The Balaban J connectivity index is 1.26. The van der Waals surface area contributed by atoms with E-state index < -0.39 is 5.97 Å². The van der Waals surface area contributed by atoms with Gasteiger partial charge in [-0.1, -0.05) is 42.5 Å². The summed E-state index contributed by atoms with van der Waals surface area (Å²) in [5.41, 5.74) is 3.92. The molecule has 34 heavy (non-hydrogen) atoms. The average Bonchev–Trinajstić information content (AvgIpc) is 3.65. The Morgan fingerprint density at radius 3 is 2.41 bits per heavy atom. The van der Waals surface area contributed by atoms with Crippen molar-refractivity contribution in [2.24, 2.45) is 11.3 Å². The van der Waals surface area contributed by atoms with Gasteiger partial charge in [-0.15, -0.1) is 0 Å². The molecule has 0 radical (unpaired) electrons. The number of hydrogen-bond donors (Lipinski definition) is 1. The second-order valence-electron chi connectivity index (χ2n) is 10.0. The van der Waals surface area contributed by atoms with Crippen molar-refractivity contribution in [3.63, 3.8) is 0 Å². The summed E-state index contributed by atoms with van der Waals surface area (Å²) in [6.45, 7) is 1.84. The van der Waals surface area contributed by atoms with Gasteiger partial charge in [-0.2, -0.15) is 0 Å². The van der Waals surface area contributed by atoms with Crippen molar-refractivity contribution in [1.29, 1.82) is 0 Å². The van der Waals surface area contributed by atoms with Crippen molar-refractivity contribution in [3.8, 4) is 0 Å². The maximum Gasteiger partial charge on any atom is 0.354 e. The molecule has 2 atom stereocenters. The van der Waals surface area contributed by atoms with Gasteiger partial charge in [-0.05, 0) is 91.2 Å². The average molecular weight is 459 g/mol. The Kier molecular flexibility index (Phi) is 6.36. The van der Waals surface area contributed by atoms with E-state index in [1.54, 1.807) is 24.4 Å². The number of rotatable bonds is 8. The maximum atomic E-state index is 13.5. The zero-order valence-electron chi connectivity index (χ0n) is 19.4. The molecule has 5 heteroatoms. The van der Waals surface area contributed by atoms with Crippen LogP contribution in [0.4, 0.5) is 10.1 Å². The third kappa shape index (κ3) is 5.14. The number of carboxylic acids is 1. The Morgan fingerprint density at radius 2 is 1.76 bits per heavy atom. The molecule has 1 aliphatic heterocycles. The van der Waals surface area contributed by atoms with Gasteiger partial charge < -0.3 is 10.0 Å². The third-order valence-electron chi connectivity index (χ3n) is 7.84. The number of hydrogen-bond acceptors (Lipinski definition) is 3. The van der Waals surface area contributed by atoms with Crippen LogP contribution in [-0.4, -0.2) is 29.1 Å². The number of nitrogens with zero attached hydrogens (tertiary/aromatic N) is 2. The van der Waals surface area contributed by atoms with E-state index >= 15 is 0 Å². The predicted octanol–water partition coefficient (Wildman–Crippen LogP) is 6.33. The molecule has 1 saturated carbocycles. The number of carbonyl (C=O) groups is 1. The van der Waals surface area contributed by atoms with Gasteiger partial charge in [0.2, 0.25) is 0 Å². The molecule has 2 aromatic carbocycles. The molecule has 1 saturated heterocycles. The summed E-state index contributed by atoms with van der Waals surface area (Å²) in [7, 11) is 0. The second kappa shape index (κ2) is 9.57. The minimum Gasteiger partial charge on any atom is -0.477 e. The summed E-state index contributed by atoms with van der Waals surface area (Å²) in [6, 6.07) is 21.3. The number of aromatic carboxylic acids is 1. The van der Waals surface area contributed by atoms with Gasteiger partial charge >= 0.3 is 5.97 Å². The maximum absolute atomic E-state index is 13.5. The van der Waals surface area contributed by atoms with Gasteiger partial charge in [0.1, 0.15) is 11.5 Å². The van der Waals surface area contributed by atoms with E-state index in [1.807, 2.05) is 18.2 Å². The monoisotopic (exact) mass is 458 g/mol. The molecule has 176 valence electrons. The lowest BCUT2D eigenvalue weighted by Crippen LogP contribution is -2.41. The molecule has 2 heterocycles. The van der Waals surface area contributed by atoms with Crippen LogP contribution in [0.1, 0.15) is 59.6 Å². The standard InChI is InChI=1S/C29H31FN2O2/c30-24-8-6-21(7-9-24)19-29(13-12-23-18-26(23)22-4-2-1-3-5-22)14-16-32(17-15-29)25-10-11-27(28(33)34)31-20-25/h1-11,20,23,26H,12-19H2,(H,33,34)/t23-,26?/m1/s1. The fraction of sp³-hybridized carbons (Fsp3) is 0.379. The summed E-state index contributed by atoms with van der Waals surface area (Å²) in [5, 5.41) is 9.11. The second-order valence-corrected chi connectivity index (χ2v) is 10.0. The van der Waals surface area contributed by atoms with Crippen LogP contribution >= 0.6 is 0 Å². The highest BCUT2D eigenvalue weighted by molar-refractivity contribution is 5.85. The fourth-order valence-electron chi connectivity index (χ4n) is 5.66. The first-order valence-electron chi connectivity index (χ1n) is 12.3. The molecule has 1 N–H and O–H groups in total. The molecule has 0 spiro atoms. The number of piperidine rings is 1. The molecule has 5 rings (SSSR count). The Labute approximate surface area is 200 Å². The summed E-state index contributed by atoms with van der Waals surface area (Å²) in [6.07, 6.45) is 8.47. The zero-order valence-corrected chi connectivity index (χ0v) is 19.4. The van der Waals surface area contributed by atoms with E-state index in [1.165, 1.54) is 30.4 Å². The Bertz CT molecular complexity index is 1110. The van der Waals surface area contributed by atoms with Crippen molar-refractivity contribution in [1.82, 2.24) is 4.98 Å². The van der Waals surface area contributed by atoms with E-state index in [0.717, 1.165) is 44.0 Å². The zero-order chi connectivity index (χ0) is 23.5. The topological polar surface area (TPSA) is 53.4 Å². The molecule has 1 aromatic heterocycles. The highest BCUT2D eigenvalue weighted by atomic mass is 19.1. The first kappa shape index (κ1) is 22.6. The predicted molar refractivity (Wildman–Crippen MR) is 132 cm³/mol. The van der Waals surface area contributed by atoms with E-state index in [4.69, 9.17) is 5.11 Å². The van der Waals surface area contributed by atoms with Gasteiger partial charge in [0, 0.05) is 13.1 Å². The van der Waals surface area contributed by atoms with Crippen molar-refractivity contribution in [2.75, 3.05) is 18.0 Å². The lowest BCUT2D eigenvalue weighted by molar-refractivity contribution is 0.0690. The largest absolute Gasteiger partial charge is 0.477 e. The lowest BCUT2D eigenvalue weighted by Gasteiger charge is -2.43. The smallest absolute Gasteiger partial charge is 0.354 e. The summed E-state index contributed by atoms with van der Waals surface area (Å²) < 4.78 is 13.5. The number of anilines is 1. The molecule has 2 aliphatic rings. The van der Waals surface area contributed by atoms with E-state index in [-0.39, 0.29) is 16.9 Å². The first-order chi connectivity index (χ1) is 16.5. The van der Waals surface area contributed by atoms with E-state index in [9.17, 15) is 9.18 Å². The molecule has 1 unspecified atom stereocenters. The minimum absolute atomic E-state index is 0.0730. The third-order valence-corrected chi connectivity index (χ3v) is 7.84. The highest BCUT2D eigenvalue weighted by Gasteiger charge is 2.41. The summed E-state index contributed by atoms with van der Waals surface area (Å²) in [4.78, 5) is 17.5. The van der Waals surface area contributed by atoms with Crippen molar-refractivity contribution in [3.05, 3.63) is 95.6 Å². The minimum atomic E-state index is -1.00. The van der Waals surface area contributed by atoms with Crippen LogP contribution in [0.15, 0.2) is 72.9 Å². The van der Waals surface area contributed by atoms with Crippen LogP contribution in [0, 0.1) is 17.2 Å². The lowest BCUT2D eigenvalue weighted by atomic mass is 9.70. The SMILES string of the molecule is O=C(O)c1ccc(N2CCC(CC[C@@H]3CC3c3ccccc3)(Cc3ccc(F)cc3)CC2)cn1. The van der Waals surface area contributed by atoms with Crippen LogP contribution in [0.5, 0.6) is 0 Å². The summed E-state index contributed by atoms with van der Waals surface area (Å²) in [5.74, 6) is 0.271. The quantitative estimate of drug-likeness (QED) is 0.428. The highest BCUT2D eigenvalue weighted by Crippen LogP contribution is 2.52. The number of pyridine rings is 1. The molecule has 4 nitrogen and oxygen atoms in total. The van der Waals surface area contributed by atoms with Crippen LogP contribution < -0.4 is 4.90 Å². The van der Waals surface area contributed by atoms with Crippen molar-refractivity contribution in [2.45, 2.75) is 44.4 Å². The number of benzene rings is 2. The van der Waals surface area contributed by atoms with Gasteiger partial charge in [0.05, 0.1) is 11.9 Å². The number of halogens is 1. The molecule has 1 aliphatic carbocycles. The fourth-order valence-corrected chi connectivity index (χ4v) is 5.66. The van der Waals surface area contributed by atoms with E-state index in [0.29, 0.717) is 5.92 Å². The number of aromatic nitrogens is 1. The Morgan fingerprint density at radius 1 is 1.03 bits per heavy atom. The molecule has 2 fully saturated rings. The van der Waals surface area contributed by atoms with Gasteiger partial charge in [0.15, 0.2) is 0 Å². The van der Waals surface area contributed by atoms with Crippen LogP contribution in [-0.2, 0) is 6.42 Å². The summed E-state index contributed by atoms with van der Waals surface area (Å²) >= 11 is 0. The molecular weight excluding hydrogens is 427 g/mol. The normalized spacial score (nSPS) is 21.3.